The number of hydrogen-bond acceptors (Lipinski definition) is 6. The van der Waals surface area contributed by atoms with Crippen LogP contribution in [0.25, 0.3) is 0 Å². The predicted octanol–water partition coefficient (Wildman–Crippen LogP) is 1.61. The second-order valence-corrected chi connectivity index (χ2v) is 9.34. The lowest BCUT2D eigenvalue weighted by Gasteiger charge is -2.33. The van der Waals surface area contributed by atoms with Crippen LogP contribution in [0, 0.1) is 0 Å². The van der Waals surface area contributed by atoms with Gasteiger partial charge in [0.1, 0.15) is 6.29 Å². The Morgan fingerprint density at radius 2 is 1.74 bits per heavy atom. The number of esters is 1. The first-order valence-corrected chi connectivity index (χ1v) is 11.0. The van der Waals surface area contributed by atoms with Gasteiger partial charge in [-0.2, -0.15) is 0 Å². The minimum Gasteiger partial charge on any atom is -0.452 e. The van der Waals surface area contributed by atoms with Crippen LogP contribution in [-0.2, 0) is 19.4 Å². The first kappa shape index (κ1) is 19.5. The smallest absolute Gasteiger partial charge is 0.338 e. The topological polar surface area (TPSA) is 97.8 Å². The van der Waals surface area contributed by atoms with Crippen LogP contribution in [0.2, 0.25) is 0 Å². The van der Waals surface area contributed by atoms with Crippen molar-refractivity contribution in [3.8, 4) is 0 Å². The largest absolute Gasteiger partial charge is 0.452 e. The second-order valence-electron chi connectivity index (χ2n) is 7.11. The molecule has 1 aromatic carbocycles. The quantitative estimate of drug-likeness (QED) is 0.538. The molecule has 0 aromatic heterocycles. The van der Waals surface area contributed by atoms with Crippen LogP contribution in [0.3, 0.4) is 0 Å². The minimum atomic E-state index is -3.11. The molecule has 3 rings (SSSR count). The van der Waals surface area contributed by atoms with E-state index < -0.39 is 22.4 Å². The highest BCUT2D eigenvalue weighted by Gasteiger charge is 2.39. The van der Waals surface area contributed by atoms with E-state index in [-0.39, 0.29) is 35.1 Å². The molecule has 0 radical (unpaired) electrons. The zero-order valence-electron chi connectivity index (χ0n) is 15.0. The maximum atomic E-state index is 12.8. The van der Waals surface area contributed by atoms with Crippen LogP contribution in [0.4, 0.5) is 0 Å². The zero-order valence-corrected chi connectivity index (χ0v) is 15.8. The Morgan fingerprint density at radius 1 is 1.07 bits per heavy atom. The molecule has 2 fully saturated rings. The summed E-state index contributed by atoms with van der Waals surface area (Å²) >= 11 is 0. The van der Waals surface area contributed by atoms with E-state index in [0.29, 0.717) is 18.3 Å². The Balaban J connectivity index is 1.65. The van der Waals surface area contributed by atoms with Gasteiger partial charge in [0.2, 0.25) is 0 Å². The summed E-state index contributed by atoms with van der Waals surface area (Å²) in [5, 5.41) is 0. The molecule has 1 amide bonds. The third kappa shape index (κ3) is 4.74. The summed E-state index contributed by atoms with van der Waals surface area (Å²) in [6, 6.07) is 5.61. The average molecular weight is 393 g/mol. The fourth-order valence-electron chi connectivity index (χ4n) is 3.87. The van der Waals surface area contributed by atoms with Crippen LogP contribution >= 0.6 is 0 Å². The van der Waals surface area contributed by atoms with Crippen molar-refractivity contribution in [2.75, 3.05) is 18.1 Å². The molecule has 2 aliphatic rings. The van der Waals surface area contributed by atoms with Gasteiger partial charge in [0.15, 0.2) is 16.4 Å². The van der Waals surface area contributed by atoms with Gasteiger partial charge in [0.05, 0.1) is 17.1 Å². The van der Waals surface area contributed by atoms with E-state index in [2.05, 4.69) is 0 Å². The highest BCUT2D eigenvalue weighted by molar-refractivity contribution is 7.91. The molecule has 1 aliphatic carbocycles. The van der Waals surface area contributed by atoms with Crippen molar-refractivity contribution in [1.82, 2.24) is 4.90 Å². The Labute approximate surface area is 158 Å². The third-order valence-electron chi connectivity index (χ3n) is 5.22. The highest BCUT2D eigenvalue weighted by Crippen LogP contribution is 2.29. The van der Waals surface area contributed by atoms with Gasteiger partial charge in [-0.1, -0.05) is 25.0 Å². The fourth-order valence-corrected chi connectivity index (χ4v) is 5.58. The Morgan fingerprint density at radius 3 is 2.30 bits per heavy atom. The molecular weight excluding hydrogens is 370 g/mol. The number of amides is 1. The molecule has 7 nitrogen and oxygen atoms in total. The van der Waals surface area contributed by atoms with Gasteiger partial charge in [-0.05, 0) is 31.4 Å². The Bertz CT molecular complexity index is 811. The van der Waals surface area contributed by atoms with Crippen molar-refractivity contribution in [3.05, 3.63) is 35.4 Å². The van der Waals surface area contributed by atoms with Crippen LogP contribution in [0.5, 0.6) is 0 Å². The number of aldehydes is 1. The lowest BCUT2D eigenvalue weighted by atomic mass is 10.1. The van der Waals surface area contributed by atoms with Gasteiger partial charge in [0, 0.05) is 17.6 Å². The highest BCUT2D eigenvalue weighted by atomic mass is 32.2. The molecule has 1 heterocycles. The van der Waals surface area contributed by atoms with E-state index in [0.717, 1.165) is 25.7 Å². The molecule has 1 aliphatic heterocycles. The summed E-state index contributed by atoms with van der Waals surface area (Å²) in [5.41, 5.74) is 0.696. The molecule has 1 saturated heterocycles. The predicted molar refractivity (Wildman–Crippen MR) is 98.3 cm³/mol. The molecule has 1 aromatic rings. The van der Waals surface area contributed by atoms with Crippen LogP contribution in [0.1, 0.15) is 52.8 Å². The van der Waals surface area contributed by atoms with Gasteiger partial charge in [0.25, 0.3) is 5.91 Å². The van der Waals surface area contributed by atoms with Crippen LogP contribution in [-0.4, -0.2) is 61.7 Å². The summed E-state index contributed by atoms with van der Waals surface area (Å²) in [7, 11) is -3.11. The van der Waals surface area contributed by atoms with Crippen molar-refractivity contribution < 1.29 is 27.5 Å². The van der Waals surface area contributed by atoms with Crippen LogP contribution < -0.4 is 0 Å². The molecule has 0 bridgehead atoms. The number of carbonyl (C=O) groups excluding carboxylic acids is 3. The fraction of sp³-hybridized carbons (Fsp3) is 0.526. The van der Waals surface area contributed by atoms with Gasteiger partial charge >= 0.3 is 5.97 Å². The number of nitrogens with zero attached hydrogens (tertiary/aromatic N) is 1. The van der Waals surface area contributed by atoms with Crippen molar-refractivity contribution in [2.45, 2.75) is 44.2 Å². The van der Waals surface area contributed by atoms with Gasteiger partial charge < -0.3 is 9.64 Å². The number of ether oxygens (including phenoxy) is 1. The SMILES string of the molecule is O=Cc1ccc(C(=O)OCC(=O)N(C2CCCC2)[C@H]2CCS(=O)(=O)C2)cc1. The van der Waals surface area contributed by atoms with Crippen molar-refractivity contribution >= 4 is 28.0 Å². The number of rotatable bonds is 6. The third-order valence-corrected chi connectivity index (χ3v) is 6.97. The standard InChI is InChI=1S/C19H23NO6S/c21-11-14-5-7-15(8-6-14)19(23)26-12-18(22)20(16-3-1-2-4-16)17-9-10-27(24,25)13-17/h5-8,11,16-17H,1-4,9-10,12-13H2/t17-/m0/s1. The number of hydrogen-bond donors (Lipinski definition) is 0. The van der Waals surface area contributed by atoms with Crippen molar-refractivity contribution in [3.63, 3.8) is 0 Å². The zero-order chi connectivity index (χ0) is 19.4. The molecule has 27 heavy (non-hydrogen) atoms. The van der Waals surface area contributed by atoms with E-state index >= 15 is 0 Å². The summed E-state index contributed by atoms with van der Waals surface area (Å²) < 4.78 is 28.8. The van der Waals surface area contributed by atoms with E-state index in [1.54, 1.807) is 4.90 Å². The first-order valence-electron chi connectivity index (χ1n) is 9.13. The number of sulfone groups is 1. The van der Waals surface area contributed by atoms with Gasteiger partial charge in [-0.25, -0.2) is 13.2 Å². The summed E-state index contributed by atoms with van der Waals surface area (Å²) in [5.74, 6) is -0.916. The van der Waals surface area contributed by atoms with E-state index in [1.165, 1.54) is 24.3 Å². The first-order chi connectivity index (χ1) is 12.9. The molecule has 0 N–H and O–H groups in total. The molecule has 0 unspecified atom stereocenters. The van der Waals surface area contributed by atoms with Crippen LogP contribution in [0.15, 0.2) is 24.3 Å². The summed E-state index contributed by atoms with van der Waals surface area (Å²) in [6.07, 6.45) is 4.83. The van der Waals surface area contributed by atoms with Gasteiger partial charge in [-0.3, -0.25) is 9.59 Å². The maximum absolute atomic E-state index is 12.8. The summed E-state index contributed by atoms with van der Waals surface area (Å²) in [6.45, 7) is -0.415. The monoisotopic (exact) mass is 393 g/mol. The maximum Gasteiger partial charge on any atom is 0.338 e. The minimum absolute atomic E-state index is 0.0152. The lowest BCUT2D eigenvalue weighted by molar-refractivity contribution is -0.139. The Kier molecular flexibility index (Phi) is 5.94. The number of benzene rings is 1. The Hall–Kier alpha value is -2.22. The average Bonchev–Trinajstić information content (AvgIpc) is 3.30. The molecule has 146 valence electrons. The number of carbonyl (C=O) groups is 3. The molecule has 1 saturated carbocycles. The van der Waals surface area contributed by atoms with E-state index in [1.807, 2.05) is 0 Å². The normalized spacial score (nSPS) is 21.7. The van der Waals surface area contributed by atoms with Crippen molar-refractivity contribution in [2.24, 2.45) is 0 Å². The van der Waals surface area contributed by atoms with Gasteiger partial charge in [-0.15, -0.1) is 0 Å². The molecule has 1 atom stereocenters. The molecular formula is C19H23NO6S. The van der Waals surface area contributed by atoms with Crippen molar-refractivity contribution in [1.29, 1.82) is 0 Å². The lowest BCUT2D eigenvalue weighted by Crippen LogP contribution is -2.48. The van der Waals surface area contributed by atoms with E-state index in [4.69, 9.17) is 4.74 Å². The summed E-state index contributed by atoms with van der Waals surface area (Å²) in [4.78, 5) is 37.2. The second kappa shape index (κ2) is 8.21. The van der Waals surface area contributed by atoms with E-state index in [9.17, 15) is 22.8 Å². The molecule has 8 heteroatoms. The molecule has 0 spiro atoms.